The Kier molecular flexibility index (Phi) is 8.92. The number of nitrogens with zero attached hydrogens (tertiary/aromatic N) is 1. The highest BCUT2D eigenvalue weighted by atomic mass is 16.5. The molecular weight excluding hydrogens is 404 g/mol. The van der Waals surface area contributed by atoms with E-state index < -0.39 is 0 Å². The van der Waals surface area contributed by atoms with Gasteiger partial charge in [-0.05, 0) is 50.1 Å². The van der Waals surface area contributed by atoms with Gasteiger partial charge in [-0.3, -0.25) is 4.79 Å². The summed E-state index contributed by atoms with van der Waals surface area (Å²) < 4.78 is 11.6. The molecule has 1 aliphatic heterocycles. The lowest BCUT2D eigenvalue weighted by Gasteiger charge is -2.18. The average molecular weight is 439 g/mol. The van der Waals surface area contributed by atoms with E-state index in [1.54, 1.807) is 0 Å². The highest BCUT2D eigenvalue weighted by Gasteiger charge is 2.18. The van der Waals surface area contributed by atoms with Crippen LogP contribution in [0.3, 0.4) is 0 Å². The molecule has 7 heteroatoms. The van der Waals surface area contributed by atoms with Crippen LogP contribution < -0.4 is 20.7 Å². The molecule has 3 N–H and O–H groups in total. The molecule has 1 unspecified atom stereocenters. The number of carbonyl (C=O) groups excluding carboxylic acids is 1. The number of benzene rings is 2. The predicted molar refractivity (Wildman–Crippen MR) is 127 cm³/mol. The average Bonchev–Trinajstić information content (AvgIpc) is 3.30. The summed E-state index contributed by atoms with van der Waals surface area (Å²) in [5.41, 5.74) is 3.86. The molecule has 0 aliphatic carbocycles. The number of guanidine groups is 1. The van der Waals surface area contributed by atoms with Crippen molar-refractivity contribution in [1.29, 1.82) is 0 Å². The normalized spacial score (nSPS) is 16.0. The molecule has 0 radical (unpaired) electrons. The maximum atomic E-state index is 12.1. The van der Waals surface area contributed by atoms with Crippen molar-refractivity contribution < 1.29 is 14.3 Å². The number of aryl methyl sites for hydroxylation is 1. The van der Waals surface area contributed by atoms with Crippen molar-refractivity contribution in [3.8, 4) is 5.75 Å². The van der Waals surface area contributed by atoms with Gasteiger partial charge in [0.2, 0.25) is 0 Å². The quantitative estimate of drug-likeness (QED) is 0.414. The van der Waals surface area contributed by atoms with Gasteiger partial charge in [0.25, 0.3) is 5.91 Å². The lowest BCUT2D eigenvalue weighted by Crippen LogP contribution is -2.37. The molecule has 1 amide bonds. The van der Waals surface area contributed by atoms with E-state index in [-0.39, 0.29) is 12.0 Å². The van der Waals surface area contributed by atoms with E-state index in [1.165, 1.54) is 0 Å². The number of ether oxygens (including phenoxy) is 2. The molecule has 32 heavy (non-hydrogen) atoms. The Labute approximate surface area is 190 Å². The second-order valence-corrected chi connectivity index (χ2v) is 7.82. The largest absolute Gasteiger partial charge is 0.488 e. The van der Waals surface area contributed by atoms with E-state index in [1.807, 2.05) is 38.1 Å². The molecule has 172 valence electrons. The van der Waals surface area contributed by atoms with Crippen molar-refractivity contribution >= 4 is 11.9 Å². The first kappa shape index (κ1) is 23.6. The Morgan fingerprint density at radius 3 is 2.72 bits per heavy atom. The standard InChI is InChI=1S/C25H34N4O3/c1-4-26-24(30)20-8-6-7-19(14-20)15-28-25(27-5-2)29-16-21-10-9-18(3)13-23(21)32-22-11-12-31-17-22/h6-10,13-14,22H,4-5,11-12,15-17H2,1-3H3,(H,26,30)(H2,27,28,29). The minimum absolute atomic E-state index is 0.0667. The van der Waals surface area contributed by atoms with Crippen LogP contribution in [-0.2, 0) is 17.8 Å². The van der Waals surface area contributed by atoms with Gasteiger partial charge in [-0.25, -0.2) is 4.99 Å². The zero-order valence-electron chi connectivity index (χ0n) is 19.2. The number of carbonyl (C=O) groups is 1. The van der Waals surface area contributed by atoms with E-state index in [0.29, 0.717) is 37.8 Å². The zero-order chi connectivity index (χ0) is 22.8. The monoisotopic (exact) mass is 438 g/mol. The fraction of sp³-hybridized carbons (Fsp3) is 0.440. The number of rotatable bonds is 9. The molecule has 7 nitrogen and oxygen atoms in total. The molecule has 1 saturated heterocycles. The molecule has 1 aliphatic rings. The van der Waals surface area contributed by atoms with E-state index >= 15 is 0 Å². The smallest absolute Gasteiger partial charge is 0.251 e. The van der Waals surface area contributed by atoms with Crippen LogP contribution in [0.25, 0.3) is 0 Å². The first-order valence-electron chi connectivity index (χ1n) is 11.3. The lowest BCUT2D eigenvalue weighted by atomic mass is 10.1. The molecule has 2 aromatic rings. The van der Waals surface area contributed by atoms with Gasteiger partial charge >= 0.3 is 0 Å². The molecule has 0 aromatic heterocycles. The summed E-state index contributed by atoms with van der Waals surface area (Å²) >= 11 is 0. The number of hydrogen-bond acceptors (Lipinski definition) is 4. The van der Waals surface area contributed by atoms with E-state index in [0.717, 1.165) is 42.0 Å². The van der Waals surface area contributed by atoms with Crippen molar-refractivity contribution in [1.82, 2.24) is 16.0 Å². The van der Waals surface area contributed by atoms with Crippen LogP contribution in [0.4, 0.5) is 0 Å². The van der Waals surface area contributed by atoms with E-state index in [4.69, 9.17) is 14.5 Å². The molecule has 1 atom stereocenters. The first-order valence-corrected chi connectivity index (χ1v) is 11.3. The molecule has 0 spiro atoms. The van der Waals surface area contributed by atoms with Crippen molar-refractivity contribution in [2.45, 2.75) is 46.4 Å². The summed E-state index contributed by atoms with van der Waals surface area (Å²) in [5, 5.41) is 9.51. The third kappa shape index (κ3) is 6.99. The zero-order valence-corrected chi connectivity index (χ0v) is 19.2. The Morgan fingerprint density at radius 1 is 1.12 bits per heavy atom. The van der Waals surface area contributed by atoms with Crippen LogP contribution in [0.5, 0.6) is 5.75 Å². The summed E-state index contributed by atoms with van der Waals surface area (Å²) in [6.07, 6.45) is 1.02. The van der Waals surface area contributed by atoms with Crippen LogP contribution in [0.15, 0.2) is 47.5 Å². The molecule has 0 bridgehead atoms. The Hall–Kier alpha value is -3.06. The second kappa shape index (κ2) is 12.1. The molecule has 2 aromatic carbocycles. The Bertz CT molecular complexity index is 923. The van der Waals surface area contributed by atoms with Gasteiger partial charge in [-0.1, -0.05) is 24.3 Å². The summed E-state index contributed by atoms with van der Waals surface area (Å²) in [4.78, 5) is 16.8. The van der Waals surface area contributed by atoms with Crippen molar-refractivity contribution in [2.75, 3.05) is 26.3 Å². The summed E-state index contributed by atoms with van der Waals surface area (Å²) in [6.45, 7) is 9.82. The summed E-state index contributed by atoms with van der Waals surface area (Å²) in [6, 6.07) is 13.8. The van der Waals surface area contributed by atoms with Crippen LogP contribution in [0.1, 0.15) is 47.3 Å². The Morgan fingerprint density at radius 2 is 1.97 bits per heavy atom. The van der Waals surface area contributed by atoms with Gasteiger partial charge in [0.1, 0.15) is 11.9 Å². The van der Waals surface area contributed by atoms with Gasteiger partial charge in [-0.2, -0.15) is 0 Å². The fourth-order valence-electron chi connectivity index (χ4n) is 3.47. The molecule has 1 fully saturated rings. The summed E-state index contributed by atoms with van der Waals surface area (Å²) in [7, 11) is 0. The maximum absolute atomic E-state index is 12.1. The van der Waals surface area contributed by atoms with Crippen molar-refractivity contribution in [2.24, 2.45) is 4.99 Å². The van der Waals surface area contributed by atoms with Crippen molar-refractivity contribution in [3.63, 3.8) is 0 Å². The fourth-order valence-corrected chi connectivity index (χ4v) is 3.47. The third-order valence-corrected chi connectivity index (χ3v) is 5.14. The lowest BCUT2D eigenvalue weighted by molar-refractivity contribution is 0.0955. The Balaban J connectivity index is 1.66. The van der Waals surface area contributed by atoms with Gasteiger partial charge < -0.3 is 25.4 Å². The predicted octanol–water partition coefficient (Wildman–Crippen LogP) is 3.17. The van der Waals surface area contributed by atoms with Crippen molar-refractivity contribution in [3.05, 3.63) is 64.7 Å². The molecule has 3 rings (SSSR count). The topological polar surface area (TPSA) is 84.0 Å². The SMILES string of the molecule is CCNC(=O)c1cccc(CN=C(NCC)NCc2ccc(C)cc2OC2CCOC2)c1. The molecule has 0 saturated carbocycles. The minimum atomic E-state index is -0.0667. The second-order valence-electron chi connectivity index (χ2n) is 7.82. The first-order chi connectivity index (χ1) is 15.6. The summed E-state index contributed by atoms with van der Waals surface area (Å²) in [5.74, 6) is 1.54. The van der Waals surface area contributed by atoms with Crippen LogP contribution in [0.2, 0.25) is 0 Å². The molecule has 1 heterocycles. The van der Waals surface area contributed by atoms with Crippen LogP contribution in [0, 0.1) is 6.92 Å². The number of nitrogens with one attached hydrogen (secondary N) is 3. The molecular formula is C25H34N4O3. The van der Waals surface area contributed by atoms with Crippen LogP contribution >= 0.6 is 0 Å². The van der Waals surface area contributed by atoms with Gasteiger partial charge in [0, 0.05) is 37.2 Å². The van der Waals surface area contributed by atoms with E-state index in [9.17, 15) is 4.79 Å². The van der Waals surface area contributed by atoms with Gasteiger partial charge in [0.05, 0.1) is 19.8 Å². The maximum Gasteiger partial charge on any atom is 0.251 e. The number of amides is 1. The highest BCUT2D eigenvalue weighted by Crippen LogP contribution is 2.23. The third-order valence-electron chi connectivity index (χ3n) is 5.14. The van der Waals surface area contributed by atoms with E-state index in [2.05, 4.69) is 41.1 Å². The minimum Gasteiger partial charge on any atom is -0.488 e. The number of aliphatic imine (C=N–C) groups is 1. The number of hydrogen-bond donors (Lipinski definition) is 3. The van der Waals surface area contributed by atoms with Gasteiger partial charge in [0.15, 0.2) is 5.96 Å². The van der Waals surface area contributed by atoms with Gasteiger partial charge in [-0.15, -0.1) is 0 Å². The van der Waals surface area contributed by atoms with Crippen LogP contribution in [-0.4, -0.2) is 44.3 Å². The highest BCUT2D eigenvalue weighted by molar-refractivity contribution is 5.94.